The molecule has 0 aliphatic rings. The van der Waals surface area contributed by atoms with Crippen molar-refractivity contribution in [2.75, 3.05) is 5.32 Å². The van der Waals surface area contributed by atoms with Crippen LogP contribution in [0.1, 0.15) is 31.0 Å². The van der Waals surface area contributed by atoms with Gasteiger partial charge in [0.25, 0.3) is 5.56 Å². The number of benzene rings is 1. The molecule has 1 N–H and O–H groups in total. The van der Waals surface area contributed by atoms with Crippen molar-refractivity contribution in [2.24, 2.45) is 7.05 Å². The summed E-state index contributed by atoms with van der Waals surface area (Å²) in [6.45, 7) is 4.16. The van der Waals surface area contributed by atoms with Crippen LogP contribution in [0.15, 0.2) is 41.5 Å². The van der Waals surface area contributed by atoms with E-state index in [2.05, 4.69) is 41.5 Å². The third-order valence-corrected chi connectivity index (χ3v) is 3.26. The Kier molecular flexibility index (Phi) is 4.00. The molecule has 1 atom stereocenters. The molecule has 1 aromatic heterocycles. The summed E-state index contributed by atoms with van der Waals surface area (Å²) in [7, 11) is 1.72. The van der Waals surface area contributed by atoms with Crippen molar-refractivity contribution in [3.8, 4) is 0 Å². The van der Waals surface area contributed by atoms with E-state index in [0.717, 1.165) is 12.0 Å². The lowest BCUT2D eigenvalue weighted by Gasteiger charge is -2.15. The van der Waals surface area contributed by atoms with Crippen LogP contribution in [-0.4, -0.2) is 9.55 Å². The number of hydrogen-bond donors (Lipinski definition) is 1. The normalized spacial score (nSPS) is 12.2. The van der Waals surface area contributed by atoms with Crippen molar-refractivity contribution in [3.63, 3.8) is 0 Å². The van der Waals surface area contributed by atoms with Gasteiger partial charge in [0.05, 0.1) is 6.04 Å². The monoisotopic (exact) mass is 257 g/mol. The van der Waals surface area contributed by atoms with Gasteiger partial charge < -0.3 is 9.88 Å². The van der Waals surface area contributed by atoms with E-state index >= 15 is 0 Å². The zero-order valence-corrected chi connectivity index (χ0v) is 11.6. The van der Waals surface area contributed by atoms with Crippen molar-refractivity contribution in [1.82, 2.24) is 9.55 Å². The molecule has 100 valence electrons. The molecule has 0 bridgehead atoms. The fourth-order valence-electron chi connectivity index (χ4n) is 1.93. The lowest BCUT2D eigenvalue weighted by atomic mass is 10.1. The molecule has 0 aliphatic carbocycles. The Balaban J connectivity index is 2.18. The maximum atomic E-state index is 11.9. The fraction of sp³-hybridized carbons (Fsp3) is 0.333. The summed E-state index contributed by atoms with van der Waals surface area (Å²) in [5.41, 5.74) is 2.34. The summed E-state index contributed by atoms with van der Waals surface area (Å²) in [4.78, 5) is 16.0. The second-order valence-electron chi connectivity index (χ2n) is 4.65. The van der Waals surface area contributed by atoms with Crippen LogP contribution < -0.4 is 10.9 Å². The Labute approximate surface area is 113 Å². The second kappa shape index (κ2) is 5.69. The van der Waals surface area contributed by atoms with Crippen molar-refractivity contribution in [2.45, 2.75) is 26.3 Å². The molecule has 1 unspecified atom stereocenters. The molecule has 0 saturated carbocycles. The summed E-state index contributed by atoms with van der Waals surface area (Å²) in [6.07, 6.45) is 4.30. The second-order valence-corrected chi connectivity index (χ2v) is 4.65. The summed E-state index contributed by atoms with van der Waals surface area (Å²) < 4.78 is 1.52. The van der Waals surface area contributed by atoms with Crippen molar-refractivity contribution in [1.29, 1.82) is 0 Å². The van der Waals surface area contributed by atoms with Crippen LogP contribution in [0.2, 0.25) is 0 Å². The number of rotatable bonds is 4. The molecular formula is C15H19N3O. The van der Waals surface area contributed by atoms with Crippen molar-refractivity contribution in [3.05, 3.63) is 58.1 Å². The molecule has 0 saturated heterocycles. The van der Waals surface area contributed by atoms with Crippen LogP contribution in [-0.2, 0) is 13.5 Å². The predicted octanol–water partition coefficient (Wildman–Crippen LogP) is 2.52. The Hall–Kier alpha value is -2.10. The molecule has 2 rings (SSSR count). The van der Waals surface area contributed by atoms with Gasteiger partial charge in [-0.2, -0.15) is 0 Å². The van der Waals surface area contributed by atoms with E-state index in [1.165, 1.54) is 10.1 Å². The standard InChI is InChI=1S/C15H19N3O/c1-4-12-5-7-13(8-6-12)11(2)17-14-15(19)18(3)10-9-16-14/h5-11H,4H2,1-3H3,(H,16,17). The summed E-state index contributed by atoms with van der Waals surface area (Å²) in [5, 5.41) is 3.16. The van der Waals surface area contributed by atoms with E-state index in [1.54, 1.807) is 19.4 Å². The van der Waals surface area contributed by atoms with Gasteiger partial charge in [0.15, 0.2) is 5.82 Å². The van der Waals surface area contributed by atoms with E-state index in [0.29, 0.717) is 5.82 Å². The van der Waals surface area contributed by atoms with Crippen molar-refractivity contribution >= 4 is 5.82 Å². The van der Waals surface area contributed by atoms with Gasteiger partial charge in [0.2, 0.25) is 0 Å². The van der Waals surface area contributed by atoms with E-state index in [4.69, 9.17) is 0 Å². The highest BCUT2D eigenvalue weighted by Gasteiger charge is 2.09. The van der Waals surface area contributed by atoms with Crippen LogP contribution in [0, 0.1) is 0 Å². The van der Waals surface area contributed by atoms with E-state index in [-0.39, 0.29) is 11.6 Å². The topological polar surface area (TPSA) is 46.9 Å². The minimum Gasteiger partial charge on any atom is -0.359 e. The fourth-order valence-corrected chi connectivity index (χ4v) is 1.93. The van der Waals surface area contributed by atoms with Gasteiger partial charge in [-0.15, -0.1) is 0 Å². The van der Waals surface area contributed by atoms with E-state index in [9.17, 15) is 4.79 Å². The maximum Gasteiger partial charge on any atom is 0.293 e. The zero-order valence-electron chi connectivity index (χ0n) is 11.6. The number of anilines is 1. The Morgan fingerprint density at radius 2 is 2.00 bits per heavy atom. The van der Waals surface area contributed by atoms with Crippen LogP contribution in [0.3, 0.4) is 0 Å². The molecule has 0 fully saturated rings. The molecule has 0 radical (unpaired) electrons. The highest BCUT2D eigenvalue weighted by molar-refractivity contribution is 5.36. The summed E-state index contributed by atoms with van der Waals surface area (Å²) in [5.74, 6) is 0.386. The number of nitrogens with one attached hydrogen (secondary N) is 1. The molecule has 4 nitrogen and oxygen atoms in total. The van der Waals surface area contributed by atoms with Gasteiger partial charge in [0, 0.05) is 19.4 Å². The first-order valence-corrected chi connectivity index (χ1v) is 6.49. The average Bonchev–Trinajstić information content (AvgIpc) is 2.44. The van der Waals surface area contributed by atoms with Gasteiger partial charge in [-0.25, -0.2) is 4.98 Å². The SMILES string of the molecule is CCc1ccc(C(C)Nc2nccn(C)c2=O)cc1. The van der Waals surface area contributed by atoms with Gasteiger partial charge in [-0.05, 0) is 24.5 Å². The first kappa shape index (κ1) is 13.3. The molecule has 1 aromatic carbocycles. The van der Waals surface area contributed by atoms with Gasteiger partial charge in [0.1, 0.15) is 0 Å². The number of aromatic nitrogens is 2. The van der Waals surface area contributed by atoms with Gasteiger partial charge >= 0.3 is 0 Å². The molecule has 1 heterocycles. The molecule has 2 aromatic rings. The third-order valence-electron chi connectivity index (χ3n) is 3.26. The smallest absolute Gasteiger partial charge is 0.293 e. The van der Waals surface area contributed by atoms with E-state index in [1.807, 2.05) is 6.92 Å². The lowest BCUT2D eigenvalue weighted by molar-refractivity contribution is 0.813. The third kappa shape index (κ3) is 3.02. The predicted molar refractivity (Wildman–Crippen MR) is 77.3 cm³/mol. The molecule has 0 amide bonds. The average molecular weight is 257 g/mol. The first-order chi connectivity index (χ1) is 9.11. The van der Waals surface area contributed by atoms with Crippen molar-refractivity contribution < 1.29 is 0 Å². The molecule has 4 heteroatoms. The number of hydrogen-bond acceptors (Lipinski definition) is 3. The lowest BCUT2D eigenvalue weighted by Crippen LogP contribution is -2.23. The Morgan fingerprint density at radius 3 is 2.63 bits per heavy atom. The van der Waals surface area contributed by atoms with Crippen LogP contribution in [0.4, 0.5) is 5.82 Å². The number of nitrogens with zero attached hydrogens (tertiary/aromatic N) is 2. The van der Waals surface area contributed by atoms with Gasteiger partial charge in [-0.3, -0.25) is 4.79 Å². The minimum atomic E-state index is -0.112. The first-order valence-electron chi connectivity index (χ1n) is 6.49. The largest absolute Gasteiger partial charge is 0.359 e. The number of aryl methyl sites for hydroxylation is 2. The van der Waals surface area contributed by atoms with Crippen LogP contribution in [0.5, 0.6) is 0 Å². The minimum absolute atomic E-state index is 0.0495. The van der Waals surface area contributed by atoms with E-state index < -0.39 is 0 Å². The maximum absolute atomic E-state index is 11.9. The zero-order chi connectivity index (χ0) is 13.8. The molecule has 0 aliphatic heterocycles. The quantitative estimate of drug-likeness (QED) is 0.915. The Morgan fingerprint density at radius 1 is 1.32 bits per heavy atom. The Bertz CT molecular complexity index is 602. The summed E-state index contributed by atoms with van der Waals surface area (Å²) in [6, 6.07) is 8.45. The molecule has 19 heavy (non-hydrogen) atoms. The van der Waals surface area contributed by atoms with Crippen LogP contribution >= 0.6 is 0 Å². The molecule has 0 spiro atoms. The van der Waals surface area contributed by atoms with Gasteiger partial charge in [-0.1, -0.05) is 31.2 Å². The van der Waals surface area contributed by atoms with Crippen LogP contribution in [0.25, 0.3) is 0 Å². The molecular weight excluding hydrogens is 238 g/mol. The summed E-state index contributed by atoms with van der Waals surface area (Å²) >= 11 is 0. The highest BCUT2D eigenvalue weighted by atomic mass is 16.1. The highest BCUT2D eigenvalue weighted by Crippen LogP contribution is 2.16.